The number of rotatable bonds is 8. The molecule has 198 valence electrons. The number of amides is 1. The standard InChI is InChI=1S/C27H26FN3O5S2/c1-6-29-26(33)23-13-20-24(32)17(5)14-31(27(20)37-23)21-12-19(30-38(34,35)7-2)8-9-22(21)36-25-15(3)10-18(28)11-16(25)4/h7-14,30H,2,6H2,1,3-5H3,(H,29,33). The number of aromatic nitrogens is 1. The number of fused-ring (bicyclic) bond motifs is 1. The van der Waals surface area contributed by atoms with Crippen LogP contribution in [0.15, 0.2) is 59.4 Å². The normalized spacial score (nSPS) is 11.4. The average Bonchev–Trinajstić information content (AvgIpc) is 3.30. The van der Waals surface area contributed by atoms with Crippen molar-refractivity contribution in [3.05, 3.63) is 92.2 Å². The minimum atomic E-state index is -3.81. The smallest absolute Gasteiger partial charge is 0.261 e. The lowest BCUT2D eigenvalue weighted by Crippen LogP contribution is -2.21. The third-order valence-corrected chi connectivity index (χ3v) is 7.85. The van der Waals surface area contributed by atoms with Gasteiger partial charge in [-0.3, -0.25) is 14.3 Å². The van der Waals surface area contributed by atoms with Crippen molar-refractivity contribution in [3.63, 3.8) is 0 Å². The highest BCUT2D eigenvalue weighted by Crippen LogP contribution is 2.37. The summed E-state index contributed by atoms with van der Waals surface area (Å²) in [7, 11) is -3.81. The van der Waals surface area contributed by atoms with Crippen molar-refractivity contribution < 1.29 is 22.3 Å². The van der Waals surface area contributed by atoms with Crippen LogP contribution in [-0.2, 0) is 10.0 Å². The Morgan fingerprint density at radius 2 is 1.82 bits per heavy atom. The van der Waals surface area contributed by atoms with E-state index in [9.17, 15) is 22.4 Å². The van der Waals surface area contributed by atoms with Crippen LogP contribution < -0.4 is 20.2 Å². The maximum absolute atomic E-state index is 13.9. The molecule has 0 saturated heterocycles. The quantitative estimate of drug-likeness (QED) is 0.297. The molecule has 4 rings (SSSR count). The first kappa shape index (κ1) is 27.1. The average molecular weight is 556 g/mol. The molecule has 0 aliphatic rings. The number of carbonyl (C=O) groups is 1. The lowest BCUT2D eigenvalue weighted by atomic mass is 10.1. The second-order valence-corrected chi connectivity index (χ2v) is 11.3. The summed E-state index contributed by atoms with van der Waals surface area (Å²) in [5.74, 6) is 0.0618. The van der Waals surface area contributed by atoms with Gasteiger partial charge in [-0.1, -0.05) is 6.58 Å². The molecule has 8 nitrogen and oxygen atoms in total. The van der Waals surface area contributed by atoms with Gasteiger partial charge in [0.15, 0.2) is 11.2 Å². The molecule has 0 spiro atoms. The van der Waals surface area contributed by atoms with Crippen molar-refractivity contribution >= 4 is 43.2 Å². The molecule has 0 radical (unpaired) electrons. The highest BCUT2D eigenvalue weighted by Gasteiger charge is 2.20. The van der Waals surface area contributed by atoms with Crippen molar-refractivity contribution in [2.45, 2.75) is 27.7 Å². The zero-order chi connectivity index (χ0) is 27.8. The second kappa shape index (κ2) is 10.4. The van der Waals surface area contributed by atoms with E-state index in [-0.39, 0.29) is 17.0 Å². The van der Waals surface area contributed by atoms with Crippen LogP contribution >= 0.6 is 11.3 Å². The maximum atomic E-state index is 13.9. The Kier molecular flexibility index (Phi) is 7.43. The van der Waals surface area contributed by atoms with Gasteiger partial charge in [-0.05, 0) is 75.2 Å². The summed E-state index contributed by atoms with van der Waals surface area (Å²) < 4.78 is 48.7. The maximum Gasteiger partial charge on any atom is 0.261 e. The van der Waals surface area contributed by atoms with Crippen molar-refractivity contribution in [2.75, 3.05) is 11.3 Å². The van der Waals surface area contributed by atoms with Gasteiger partial charge in [0.2, 0.25) is 0 Å². The van der Waals surface area contributed by atoms with Crippen LogP contribution in [0.3, 0.4) is 0 Å². The number of halogens is 1. The van der Waals surface area contributed by atoms with Crippen LogP contribution in [0.1, 0.15) is 33.3 Å². The molecule has 0 aliphatic heterocycles. The summed E-state index contributed by atoms with van der Waals surface area (Å²) in [4.78, 5) is 26.4. The second-order valence-electron chi connectivity index (χ2n) is 8.67. The summed E-state index contributed by atoms with van der Waals surface area (Å²) in [6, 6.07) is 8.92. The van der Waals surface area contributed by atoms with Crippen molar-refractivity contribution in [3.8, 4) is 17.2 Å². The van der Waals surface area contributed by atoms with Crippen molar-refractivity contribution in [1.29, 1.82) is 0 Å². The first-order valence-corrected chi connectivity index (χ1v) is 14.0. The summed E-state index contributed by atoms with van der Waals surface area (Å²) in [5.41, 5.74) is 1.95. The molecular formula is C27H26FN3O5S2. The van der Waals surface area contributed by atoms with Gasteiger partial charge in [0.1, 0.15) is 16.4 Å². The molecule has 0 saturated carbocycles. The lowest BCUT2D eigenvalue weighted by molar-refractivity contribution is 0.0960. The van der Waals surface area contributed by atoms with E-state index in [2.05, 4.69) is 16.6 Å². The third-order valence-electron chi connectivity index (χ3n) is 5.75. The van der Waals surface area contributed by atoms with E-state index in [0.29, 0.717) is 55.5 Å². The molecule has 11 heteroatoms. The zero-order valence-electron chi connectivity index (χ0n) is 21.2. The van der Waals surface area contributed by atoms with Gasteiger partial charge in [-0.25, -0.2) is 12.8 Å². The van der Waals surface area contributed by atoms with Gasteiger partial charge < -0.3 is 14.6 Å². The minimum absolute atomic E-state index is 0.223. The van der Waals surface area contributed by atoms with Gasteiger partial charge in [-0.15, -0.1) is 11.3 Å². The fourth-order valence-corrected chi connectivity index (χ4v) is 5.61. The number of aryl methyl sites for hydroxylation is 3. The van der Waals surface area contributed by atoms with E-state index in [4.69, 9.17) is 4.74 Å². The fourth-order valence-electron chi connectivity index (χ4n) is 4.01. The van der Waals surface area contributed by atoms with E-state index in [1.165, 1.54) is 18.2 Å². The Labute approximate surface area is 223 Å². The number of pyridine rings is 1. The molecule has 0 aliphatic carbocycles. The van der Waals surface area contributed by atoms with Crippen LogP contribution in [0.4, 0.5) is 10.1 Å². The topological polar surface area (TPSA) is 106 Å². The molecule has 0 atom stereocenters. The number of hydrogen-bond acceptors (Lipinski definition) is 6. The van der Waals surface area contributed by atoms with Crippen LogP contribution in [0.2, 0.25) is 0 Å². The number of nitrogens with zero attached hydrogens (tertiary/aromatic N) is 1. The molecule has 2 aromatic carbocycles. The Morgan fingerprint density at radius 1 is 1.13 bits per heavy atom. The van der Waals surface area contributed by atoms with E-state index >= 15 is 0 Å². The number of carbonyl (C=O) groups excluding carboxylic acids is 1. The van der Waals surface area contributed by atoms with Gasteiger partial charge in [0, 0.05) is 23.7 Å². The van der Waals surface area contributed by atoms with Gasteiger partial charge in [0.05, 0.1) is 21.6 Å². The van der Waals surface area contributed by atoms with Crippen LogP contribution in [0, 0.1) is 26.6 Å². The summed E-state index contributed by atoms with van der Waals surface area (Å²) in [5, 5.41) is 3.87. The fraction of sp³-hybridized carbons (Fsp3) is 0.185. The molecule has 2 heterocycles. The molecule has 2 aromatic heterocycles. The van der Waals surface area contributed by atoms with E-state index < -0.39 is 15.8 Å². The minimum Gasteiger partial charge on any atom is -0.455 e. The summed E-state index contributed by atoms with van der Waals surface area (Å²) in [6.45, 7) is 10.6. The Morgan fingerprint density at radius 3 is 2.45 bits per heavy atom. The predicted molar refractivity (Wildman–Crippen MR) is 149 cm³/mol. The van der Waals surface area contributed by atoms with Gasteiger partial charge >= 0.3 is 0 Å². The number of hydrogen-bond donors (Lipinski definition) is 2. The van der Waals surface area contributed by atoms with Crippen LogP contribution in [0.5, 0.6) is 11.5 Å². The predicted octanol–water partition coefficient (Wildman–Crippen LogP) is 5.54. The number of nitrogens with one attached hydrogen (secondary N) is 2. The molecule has 0 unspecified atom stereocenters. The molecule has 2 N–H and O–H groups in total. The first-order valence-electron chi connectivity index (χ1n) is 11.6. The Bertz CT molecular complexity index is 1730. The SMILES string of the molecule is C=CS(=O)(=O)Nc1ccc(Oc2c(C)cc(F)cc2C)c(-n2cc(C)c(=O)c3cc(C(=O)NCC)sc32)c1. The van der Waals surface area contributed by atoms with Crippen LogP contribution in [0.25, 0.3) is 15.9 Å². The van der Waals surface area contributed by atoms with Gasteiger partial charge in [0.25, 0.3) is 15.9 Å². The van der Waals surface area contributed by atoms with Gasteiger partial charge in [-0.2, -0.15) is 0 Å². The van der Waals surface area contributed by atoms with E-state index in [0.717, 1.165) is 16.7 Å². The Balaban J connectivity index is 1.99. The largest absolute Gasteiger partial charge is 0.455 e. The van der Waals surface area contributed by atoms with E-state index in [1.54, 1.807) is 56.7 Å². The first-order chi connectivity index (χ1) is 17.9. The van der Waals surface area contributed by atoms with Crippen LogP contribution in [-0.4, -0.2) is 25.4 Å². The van der Waals surface area contributed by atoms with Crippen molar-refractivity contribution in [2.24, 2.45) is 0 Å². The number of thiophene rings is 1. The molecule has 1 amide bonds. The number of ether oxygens (including phenoxy) is 1. The summed E-state index contributed by atoms with van der Waals surface area (Å²) in [6.07, 6.45) is 1.61. The number of benzene rings is 2. The molecule has 0 bridgehead atoms. The molecule has 38 heavy (non-hydrogen) atoms. The third kappa shape index (κ3) is 5.34. The molecule has 0 fully saturated rings. The van der Waals surface area contributed by atoms with Crippen molar-refractivity contribution in [1.82, 2.24) is 9.88 Å². The van der Waals surface area contributed by atoms with E-state index in [1.807, 2.05) is 0 Å². The molecule has 4 aromatic rings. The monoisotopic (exact) mass is 555 g/mol. The molecular weight excluding hydrogens is 529 g/mol. The number of sulfonamides is 1. The number of anilines is 1. The lowest BCUT2D eigenvalue weighted by Gasteiger charge is -2.19. The highest BCUT2D eigenvalue weighted by molar-refractivity contribution is 7.95. The highest BCUT2D eigenvalue weighted by atomic mass is 32.2. The summed E-state index contributed by atoms with van der Waals surface area (Å²) >= 11 is 1.13. The Hall–Kier alpha value is -3.96. The zero-order valence-corrected chi connectivity index (χ0v) is 22.8.